The lowest BCUT2D eigenvalue weighted by molar-refractivity contribution is 0.0952. The van der Waals surface area contributed by atoms with Crippen molar-refractivity contribution in [3.05, 3.63) is 51.3 Å². The Morgan fingerprint density at radius 3 is 2.83 bits per heavy atom. The molecular weight excluding hydrogens is 308 g/mol. The summed E-state index contributed by atoms with van der Waals surface area (Å²) in [6.45, 7) is 4.51. The van der Waals surface area contributed by atoms with Crippen molar-refractivity contribution in [2.75, 3.05) is 0 Å². The molecule has 1 amide bonds. The topological polar surface area (TPSA) is 97.1 Å². The fraction of sp³-hybridized carbons (Fsp3) is 0.375. The molecule has 0 bridgehead atoms. The predicted molar refractivity (Wildman–Crippen MR) is 88.9 cm³/mol. The monoisotopic (exact) mass is 328 g/mol. The van der Waals surface area contributed by atoms with Gasteiger partial charge in [0, 0.05) is 31.0 Å². The normalized spacial score (nSPS) is 11.1. The van der Waals surface area contributed by atoms with Gasteiger partial charge in [-0.15, -0.1) is 0 Å². The zero-order chi connectivity index (χ0) is 17.3. The Balaban J connectivity index is 1.87. The van der Waals surface area contributed by atoms with Crippen LogP contribution >= 0.6 is 0 Å². The van der Waals surface area contributed by atoms with E-state index in [4.69, 9.17) is 0 Å². The highest BCUT2D eigenvalue weighted by molar-refractivity contribution is 5.99. The minimum absolute atomic E-state index is 0.271. The number of nitrogens with one attached hydrogen (secondary N) is 2. The average molecular weight is 328 g/mol. The molecule has 8 heteroatoms. The number of carbonyl (C=O) groups is 1. The first kappa shape index (κ1) is 16.0. The smallest absolute Gasteiger partial charge is 0.347 e. The third-order valence-electron chi connectivity index (χ3n) is 4.14. The first-order valence-electron chi connectivity index (χ1n) is 7.94. The summed E-state index contributed by atoms with van der Waals surface area (Å²) in [7, 11) is 1.92. The Labute approximate surface area is 138 Å². The van der Waals surface area contributed by atoms with Crippen LogP contribution in [0.4, 0.5) is 0 Å². The number of aryl methyl sites for hydroxylation is 2. The highest BCUT2D eigenvalue weighted by Crippen LogP contribution is 2.15. The summed E-state index contributed by atoms with van der Waals surface area (Å²) in [5.41, 5.74) is 3.47. The predicted octanol–water partition coefficient (Wildman–Crippen LogP) is 0.811. The number of nitrogens with zero attached hydrogens (tertiary/aromatic N) is 4. The van der Waals surface area contributed by atoms with E-state index in [-0.39, 0.29) is 11.6 Å². The van der Waals surface area contributed by atoms with E-state index in [9.17, 15) is 9.59 Å². The van der Waals surface area contributed by atoms with Gasteiger partial charge in [-0.1, -0.05) is 13.8 Å². The molecule has 0 unspecified atom stereocenters. The number of fused-ring (bicyclic) bond motifs is 1. The maximum absolute atomic E-state index is 12.5. The number of carbonyl (C=O) groups excluding carboxylic acids is 1. The molecule has 0 aliphatic carbocycles. The summed E-state index contributed by atoms with van der Waals surface area (Å²) in [5.74, 6) is -0.271. The molecule has 3 rings (SSSR count). The molecule has 0 radical (unpaired) electrons. The third-order valence-corrected chi connectivity index (χ3v) is 4.14. The van der Waals surface area contributed by atoms with Crippen LogP contribution in [-0.2, 0) is 26.4 Å². The zero-order valence-electron chi connectivity index (χ0n) is 14.0. The van der Waals surface area contributed by atoms with Gasteiger partial charge < -0.3 is 5.32 Å². The second-order valence-corrected chi connectivity index (χ2v) is 5.53. The van der Waals surface area contributed by atoms with Crippen LogP contribution in [0.5, 0.6) is 0 Å². The van der Waals surface area contributed by atoms with Crippen LogP contribution in [0.3, 0.4) is 0 Å². The van der Waals surface area contributed by atoms with Crippen LogP contribution in [0.15, 0.2) is 23.1 Å². The lowest BCUT2D eigenvalue weighted by atomic mass is 10.1. The van der Waals surface area contributed by atoms with Crippen LogP contribution in [0.2, 0.25) is 0 Å². The first-order chi connectivity index (χ1) is 11.6. The molecule has 0 fully saturated rings. The van der Waals surface area contributed by atoms with Gasteiger partial charge in [-0.2, -0.15) is 10.2 Å². The second-order valence-electron chi connectivity index (χ2n) is 5.53. The number of hydrogen-bond acceptors (Lipinski definition) is 4. The van der Waals surface area contributed by atoms with E-state index in [0.717, 1.165) is 29.8 Å². The van der Waals surface area contributed by atoms with Crippen molar-refractivity contribution in [2.45, 2.75) is 33.2 Å². The minimum atomic E-state index is -0.367. The van der Waals surface area contributed by atoms with Crippen LogP contribution < -0.4 is 11.0 Å². The highest BCUT2D eigenvalue weighted by atomic mass is 16.2. The highest BCUT2D eigenvalue weighted by Gasteiger charge is 2.17. The lowest BCUT2D eigenvalue weighted by Crippen LogP contribution is -2.25. The van der Waals surface area contributed by atoms with Gasteiger partial charge in [-0.25, -0.2) is 14.3 Å². The summed E-state index contributed by atoms with van der Waals surface area (Å²) >= 11 is 0. The summed E-state index contributed by atoms with van der Waals surface area (Å²) in [5, 5.41) is 13.7. The summed E-state index contributed by atoms with van der Waals surface area (Å²) in [6.07, 6.45) is 3.23. The van der Waals surface area contributed by atoms with E-state index in [1.807, 2.05) is 18.7 Å². The van der Waals surface area contributed by atoms with Crippen LogP contribution in [0.25, 0.3) is 5.65 Å². The maximum atomic E-state index is 12.5. The number of rotatable bonds is 5. The zero-order valence-corrected chi connectivity index (χ0v) is 14.0. The van der Waals surface area contributed by atoms with Crippen molar-refractivity contribution in [2.24, 2.45) is 7.05 Å². The molecule has 126 valence electrons. The van der Waals surface area contributed by atoms with Gasteiger partial charge in [0.1, 0.15) is 0 Å². The lowest BCUT2D eigenvalue weighted by Gasteiger charge is -2.08. The van der Waals surface area contributed by atoms with Gasteiger partial charge >= 0.3 is 5.69 Å². The Morgan fingerprint density at radius 1 is 1.33 bits per heavy atom. The van der Waals surface area contributed by atoms with Gasteiger partial charge in [0.25, 0.3) is 5.91 Å². The van der Waals surface area contributed by atoms with E-state index in [1.54, 1.807) is 18.3 Å². The van der Waals surface area contributed by atoms with Crippen molar-refractivity contribution in [1.82, 2.24) is 29.7 Å². The molecular formula is C16H20N6O2. The molecule has 24 heavy (non-hydrogen) atoms. The van der Waals surface area contributed by atoms with Gasteiger partial charge in [-0.05, 0) is 25.0 Å². The molecule has 0 saturated carbocycles. The molecule has 3 aromatic rings. The Hall–Kier alpha value is -2.90. The molecule has 0 aromatic carbocycles. The van der Waals surface area contributed by atoms with Gasteiger partial charge in [0.15, 0.2) is 5.65 Å². The number of aromatic nitrogens is 5. The molecule has 3 heterocycles. The second kappa shape index (κ2) is 6.31. The quantitative estimate of drug-likeness (QED) is 0.724. The number of amides is 1. The minimum Gasteiger partial charge on any atom is -0.348 e. The fourth-order valence-electron chi connectivity index (χ4n) is 2.97. The Kier molecular flexibility index (Phi) is 4.20. The molecule has 0 atom stereocenters. The SMILES string of the molecule is CCc1nn(C)c(CC)c1CNC(=O)c1cccn2c(=O)[nH]nc12. The molecule has 2 N–H and O–H groups in total. The van der Waals surface area contributed by atoms with E-state index in [1.165, 1.54) is 4.40 Å². The van der Waals surface area contributed by atoms with E-state index < -0.39 is 0 Å². The summed E-state index contributed by atoms with van der Waals surface area (Å²) < 4.78 is 3.18. The molecule has 8 nitrogen and oxygen atoms in total. The average Bonchev–Trinajstić information content (AvgIpc) is 3.12. The van der Waals surface area contributed by atoms with Crippen molar-refractivity contribution in [1.29, 1.82) is 0 Å². The Bertz CT molecular complexity index is 949. The van der Waals surface area contributed by atoms with Crippen LogP contribution in [-0.4, -0.2) is 30.3 Å². The van der Waals surface area contributed by atoms with Crippen molar-refractivity contribution in [3.8, 4) is 0 Å². The molecule has 0 saturated heterocycles. The number of pyridine rings is 1. The molecule has 0 spiro atoms. The van der Waals surface area contributed by atoms with Crippen molar-refractivity contribution < 1.29 is 4.79 Å². The molecule has 0 aliphatic rings. The number of aromatic amines is 1. The van der Waals surface area contributed by atoms with Crippen molar-refractivity contribution >= 4 is 11.6 Å². The first-order valence-corrected chi connectivity index (χ1v) is 7.94. The third kappa shape index (κ3) is 2.60. The van der Waals surface area contributed by atoms with Gasteiger partial charge in [-0.3, -0.25) is 9.48 Å². The molecule has 0 aliphatic heterocycles. The standard InChI is InChI=1S/C16H20N6O2/c1-4-12-11(13(5-2)21(3)20-12)9-17-15(23)10-7-6-8-22-14(10)18-19-16(22)24/h6-8H,4-5,9H2,1-3H3,(H,17,23)(H,19,24). The fourth-order valence-corrected chi connectivity index (χ4v) is 2.97. The summed E-state index contributed by atoms with van der Waals surface area (Å²) in [4.78, 5) is 24.1. The van der Waals surface area contributed by atoms with Crippen molar-refractivity contribution in [3.63, 3.8) is 0 Å². The maximum Gasteiger partial charge on any atom is 0.347 e. The van der Waals surface area contributed by atoms with Crippen LogP contribution in [0.1, 0.15) is 41.2 Å². The van der Waals surface area contributed by atoms with E-state index >= 15 is 0 Å². The van der Waals surface area contributed by atoms with Crippen LogP contribution in [0, 0.1) is 0 Å². The van der Waals surface area contributed by atoms with Gasteiger partial charge in [0.2, 0.25) is 0 Å². The Morgan fingerprint density at radius 2 is 2.12 bits per heavy atom. The number of hydrogen-bond donors (Lipinski definition) is 2. The van der Waals surface area contributed by atoms with E-state index in [0.29, 0.717) is 17.8 Å². The summed E-state index contributed by atoms with van der Waals surface area (Å²) in [6, 6.07) is 3.30. The van der Waals surface area contributed by atoms with Gasteiger partial charge in [0.05, 0.1) is 11.3 Å². The van der Waals surface area contributed by atoms with E-state index in [2.05, 4.69) is 27.5 Å². The number of H-pyrrole nitrogens is 1. The largest absolute Gasteiger partial charge is 0.348 e. The molecule has 3 aromatic heterocycles.